The fourth-order valence-corrected chi connectivity index (χ4v) is 4.31. The van der Waals surface area contributed by atoms with Gasteiger partial charge in [-0.25, -0.2) is 0 Å². The molecule has 0 N–H and O–H groups in total. The summed E-state index contributed by atoms with van der Waals surface area (Å²) >= 11 is 4.63. The van der Waals surface area contributed by atoms with Gasteiger partial charge in [0, 0.05) is 19.5 Å². The van der Waals surface area contributed by atoms with Gasteiger partial charge in [0.25, 0.3) is 0 Å². The largest absolute Gasteiger partial charge is 0.487 e. The van der Waals surface area contributed by atoms with Crippen LogP contribution in [0, 0.1) is 0 Å². The third kappa shape index (κ3) is 2.83. The van der Waals surface area contributed by atoms with Crippen LogP contribution >= 0.6 is 34.4 Å². The van der Waals surface area contributed by atoms with Gasteiger partial charge in [0.15, 0.2) is 5.06 Å². The highest BCUT2D eigenvalue weighted by Crippen LogP contribution is 2.38. The van der Waals surface area contributed by atoms with Crippen LogP contribution < -0.4 is 4.74 Å². The van der Waals surface area contributed by atoms with E-state index in [0.29, 0.717) is 0 Å². The van der Waals surface area contributed by atoms with Gasteiger partial charge in [0.1, 0.15) is 0 Å². The fourth-order valence-electron chi connectivity index (χ4n) is 1.68. The lowest BCUT2D eigenvalue weighted by Gasteiger charge is -1.91. The lowest BCUT2D eigenvalue weighted by atomic mass is 10.3. The van der Waals surface area contributed by atoms with Gasteiger partial charge in [-0.1, -0.05) is 11.3 Å². The van der Waals surface area contributed by atoms with Crippen molar-refractivity contribution >= 4 is 45.6 Å². The Hall–Kier alpha value is -1.30. The summed E-state index contributed by atoms with van der Waals surface area (Å²) in [7, 11) is 1.68. The molecule has 2 aromatic rings. The predicted molar refractivity (Wildman–Crippen MR) is 83.9 cm³/mol. The molecule has 0 spiro atoms. The molecule has 96 valence electrons. The molecule has 2 aromatic heterocycles. The van der Waals surface area contributed by atoms with E-state index >= 15 is 0 Å². The van der Waals surface area contributed by atoms with Crippen molar-refractivity contribution in [3.8, 4) is 14.8 Å². The number of ether oxygens (including phenoxy) is 1. The standard InChI is InChI=1S/C14H10O2S3/c1-16-14-7-5-12(19-14)11-4-2-9(17-11)8-10-3-6-13(15)18-10/h2-8H,1H3/b10-8+. The Balaban J connectivity index is 1.83. The molecule has 0 atom stereocenters. The number of allylic oxidation sites excluding steroid dienone is 1. The Morgan fingerprint density at radius 1 is 1.05 bits per heavy atom. The van der Waals surface area contributed by atoms with Gasteiger partial charge in [-0.2, -0.15) is 0 Å². The van der Waals surface area contributed by atoms with Crippen LogP contribution in [0.2, 0.25) is 0 Å². The van der Waals surface area contributed by atoms with E-state index in [1.54, 1.807) is 35.9 Å². The van der Waals surface area contributed by atoms with Gasteiger partial charge < -0.3 is 4.74 Å². The van der Waals surface area contributed by atoms with Crippen LogP contribution in [0.3, 0.4) is 0 Å². The van der Waals surface area contributed by atoms with Crippen molar-refractivity contribution in [2.24, 2.45) is 0 Å². The number of hydrogen-bond acceptors (Lipinski definition) is 5. The summed E-state index contributed by atoms with van der Waals surface area (Å²) < 4.78 is 5.20. The lowest BCUT2D eigenvalue weighted by Crippen LogP contribution is -1.73. The number of rotatable bonds is 3. The molecule has 3 heterocycles. The second-order valence-corrected chi connectivity index (χ2v) is 7.07. The second-order valence-electron chi connectivity index (χ2n) is 3.83. The number of carbonyl (C=O) groups is 1. The number of thiophene rings is 2. The SMILES string of the molecule is COc1ccc(-c2ccc(/C=C3\C=CC(=O)S3)s2)s1. The summed E-state index contributed by atoms with van der Waals surface area (Å²) in [6, 6.07) is 8.23. The summed E-state index contributed by atoms with van der Waals surface area (Å²) in [6.45, 7) is 0. The summed E-state index contributed by atoms with van der Waals surface area (Å²) in [5, 5.41) is 1.02. The average molecular weight is 306 g/mol. The molecule has 0 saturated carbocycles. The molecule has 0 fully saturated rings. The van der Waals surface area contributed by atoms with Crippen molar-refractivity contribution in [3.63, 3.8) is 0 Å². The maximum atomic E-state index is 11.1. The Morgan fingerprint density at radius 2 is 1.84 bits per heavy atom. The van der Waals surface area contributed by atoms with Crippen molar-refractivity contribution < 1.29 is 9.53 Å². The predicted octanol–water partition coefficient (Wildman–Crippen LogP) is 4.66. The molecule has 0 aliphatic carbocycles. The molecule has 0 bridgehead atoms. The minimum Gasteiger partial charge on any atom is -0.487 e. The van der Waals surface area contributed by atoms with E-state index in [4.69, 9.17) is 4.74 Å². The third-order valence-corrected chi connectivity index (χ3v) is 5.64. The van der Waals surface area contributed by atoms with E-state index in [-0.39, 0.29) is 5.12 Å². The van der Waals surface area contributed by atoms with Crippen molar-refractivity contribution in [2.45, 2.75) is 0 Å². The minimum atomic E-state index is 0.103. The van der Waals surface area contributed by atoms with Gasteiger partial charge in [0.2, 0.25) is 5.12 Å². The molecule has 2 nitrogen and oxygen atoms in total. The molecule has 1 aliphatic heterocycles. The molecule has 0 radical (unpaired) electrons. The van der Waals surface area contributed by atoms with E-state index in [1.165, 1.54) is 21.5 Å². The third-order valence-electron chi connectivity index (χ3n) is 2.54. The highest BCUT2D eigenvalue weighted by molar-refractivity contribution is 8.18. The van der Waals surface area contributed by atoms with Crippen LogP contribution in [0.15, 0.2) is 41.3 Å². The van der Waals surface area contributed by atoms with Crippen LogP contribution in [0.25, 0.3) is 15.8 Å². The van der Waals surface area contributed by atoms with Crippen LogP contribution in [-0.4, -0.2) is 12.2 Å². The molecule has 19 heavy (non-hydrogen) atoms. The maximum Gasteiger partial charge on any atom is 0.216 e. The number of thioether (sulfide) groups is 1. The zero-order chi connectivity index (χ0) is 13.2. The monoisotopic (exact) mass is 306 g/mol. The summed E-state index contributed by atoms with van der Waals surface area (Å²) in [6.07, 6.45) is 5.51. The maximum absolute atomic E-state index is 11.1. The van der Waals surface area contributed by atoms with Gasteiger partial charge in [-0.3, -0.25) is 4.79 Å². The van der Waals surface area contributed by atoms with E-state index in [2.05, 4.69) is 18.2 Å². The Labute approximate surface area is 123 Å². The van der Waals surface area contributed by atoms with Crippen molar-refractivity contribution in [1.82, 2.24) is 0 Å². The lowest BCUT2D eigenvalue weighted by molar-refractivity contribution is -0.106. The fraction of sp³-hybridized carbons (Fsp3) is 0.0714. The Kier molecular flexibility index (Phi) is 3.59. The van der Waals surface area contributed by atoms with E-state index in [0.717, 1.165) is 14.8 Å². The van der Waals surface area contributed by atoms with Crippen LogP contribution in [0.5, 0.6) is 5.06 Å². The molecule has 3 rings (SSSR count). The summed E-state index contributed by atoms with van der Waals surface area (Å²) in [5.74, 6) is 0. The van der Waals surface area contributed by atoms with Crippen molar-refractivity contribution in [1.29, 1.82) is 0 Å². The Bertz CT molecular complexity index is 676. The highest BCUT2D eigenvalue weighted by atomic mass is 32.2. The van der Waals surface area contributed by atoms with Gasteiger partial charge in [0.05, 0.1) is 7.11 Å². The molecule has 5 heteroatoms. The van der Waals surface area contributed by atoms with Crippen molar-refractivity contribution in [3.05, 3.63) is 46.2 Å². The smallest absolute Gasteiger partial charge is 0.216 e. The number of hydrogen-bond donors (Lipinski definition) is 0. The van der Waals surface area contributed by atoms with Gasteiger partial charge in [-0.15, -0.1) is 11.3 Å². The normalized spacial score (nSPS) is 16.5. The topological polar surface area (TPSA) is 26.3 Å². The zero-order valence-corrected chi connectivity index (χ0v) is 12.5. The summed E-state index contributed by atoms with van der Waals surface area (Å²) in [5.41, 5.74) is 0. The first kappa shape index (κ1) is 12.7. The molecule has 0 aromatic carbocycles. The van der Waals surface area contributed by atoms with Gasteiger partial charge in [-0.05, 0) is 54.3 Å². The van der Waals surface area contributed by atoms with E-state index < -0.39 is 0 Å². The van der Waals surface area contributed by atoms with Crippen molar-refractivity contribution in [2.75, 3.05) is 7.11 Å². The molecular formula is C14H10O2S3. The quantitative estimate of drug-likeness (QED) is 0.825. The molecular weight excluding hydrogens is 296 g/mol. The molecule has 1 aliphatic rings. The average Bonchev–Trinajstić information content (AvgIpc) is 3.10. The van der Waals surface area contributed by atoms with Crippen LogP contribution in [0.1, 0.15) is 4.88 Å². The molecule has 0 amide bonds. The molecule has 0 unspecified atom stereocenters. The first-order valence-electron chi connectivity index (χ1n) is 5.60. The van der Waals surface area contributed by atoms with Crippen LogP contribution in [-0.2, 0) is 4.79 Å². The number of carbonyl (C=O) groups excluding carboxylic acids is 1. The highest BCUT2D eigenvalue weighted by Gasteiger charge is 2.10. The van der Waals surface area contributed by atoms with E-state index in [1.807, 2.05) is 18.2 Å². The first-order chi connectivity index (χ1) is 9.24. The first-order valence-corrected chi connectivity index (χ1v) is 8.05. The second kappa shape index (κ2) is 5.36. The van der Waals surface area contributed by atoms with Gasteiger partial charge >= 0.3 is 0 Å². The Morgan fingerprint density at radius 3 is 2.53 bits per heavy atom. The van der Waals surface area contributed by atoms with E-state index in [9.17, 15) is 4.79 Å². The zero-order valence-electron chi connectivity index (χ0n) is 10.1. The number of methoxy groups -OCH3 is 1. The minimum absolute atomic E-state index is 0.103. The summed E-state index contributed by atoms with van der Waals surface area (Å²) in [4.78, 5) is 15.7. The van der Waals surface area contributed by atoms with Crippen LogP contribution in [0.4, 0.5) is 0 Å². The molecule has 0 saturated heterocycles.